The van der Waals surface area contributed by atoms with Crippen LogP contribution >= 0.6 is 11.3 Å². The number of piperazine rings is 2. The molecular weight excluding hydrogens is 410 g/mol. The molecule has 4 rings (SSSR count). The Kier molecular flexibility index (Phi) is 7.16. The van der Waals surface area contributed by atoms with Gasteiger partial charge in [-0.1, -0.05) is 20.8 Å². The largest absolute Gasteiger partial charge is 0.345 e. The van der Waals surface area contributed by atoms with Gasteiger partial charge in [0.2, 0.25) is 11.8 Å². The molecule has 7 nitrogen and oxygen atoms in total. The second-order valence-electron chi connectivity index (χ2n) is 9.55. The summed E-state index contributed by atoms with van der Waals surface area (Å²) in [6.07, 6.45) is 3.24. The van der Waals surface area contributed by atoms with Crippen molar-refractivity contribution in [3.8, 4) is 0 Å². The Hall–Kier alpha value is -1.67. The van der Waals surface area contributed by atoms with Crippen LogP contribution in [0.3, 0.4) is 0 Å². The van der Waals surface area contributed by atoms with Gasteiger partial charge in [-0.3, -0.25) is 14.5 Å². The van der Waals surface area contributed by atoms with Crippen LogP contribution in [0, 0.1) is 11.8 Å². The molecule has 2 fully saturated rings. The SMILES string of the molecule is CCC(=O)N1CCN(c2nc3c(s2)C[C@H](C(=O)N2CCN(CC(C)C)CC2)CC3)CC1. The standard InChI is InChI=1S/C23H37N5O2S/c1-4-21(29)26-11-13-28(14-12-26)23-24-19-6-5-18(15-20(19)31-23)22(30)27-9-7-25(8-10-27)16-17(2)3/h17-18H,4-16H2,1-3H3/t18-/m1/s1. The first-order valence-electron chi connectivity index (χ1n) is 12.0. The van der Waals surface area contributed by atoms with E-state index in [2.05, 4.69) is 28.5 Å². The number of rotatable bonds is 5. The quantitative estimate of drug-likeness (QED) is 0.692. The molecule has 1 aliphatic carbocycles. The summed E-state index contributed by atoms with van der Waals surface area (Å²) in [4.78, 5) is 40.2. The monoisotopic (exact) mass is 447 g/mol. The van der Waals surface area contributed by atoms with Crippen LogP contribution in [0.25, 0.3) is 0 Å². The lowest BCUT2D eigenvalue weighted by Gasteiger charge is -2.37. The van der Waals surface area contributed by atoms with E-state index in [0.29, 0.717) is 18.2 Å². The van der Waals surface area contributed by atoms with Crippen molar-refractivity contribution in [1.29, 1.82) is 0 Å². The van der Waals surface area contributed by atoms with Crippen molar-refractivity contribution in [3.05, 3.63) is 10.6 Å². The Morgan fingerprint density at radius 2 is 1.71 bits per heavy atom. The van der Waals surface area contributed by atoms with E-state index < -0.39 is 0 Å². The minimum atomic E-state index is 0.108. The topological polar surface area (TPSA) is 60.0 Å². The Balaban J connectivity index is 1.31. The molecule has 8 heteroatoms. The molecule has 1 atom stereocenters. The first kappa shape index (κ1) is 22.5. The molecule has 3 heterocycles. The minimum absolute atomic E-state index is 0.108. The second kappa shape index (κ2) is 9.86. The Bertz CT molecular complexity index is 779. The molecule has 2 amide bonds. The minimum Gasteiger partial charge on any atom is -0.345 e. The molecule has 0 N–H and O–H groups in total. The van der Waals surface area contributed by atoms with Gasteiger partial charge in [0, 0.05) is 76.1 Å². The van der Waals surface area contributed by atoms with E-state index >= 15 is 0 Å². The molecule has 0 bridgehead atoms. The van der Waals surface area contributed by atoms with Crippen molar-refractivity contribution in [1.82, 2.24) is 19.7 Å². The zero-order valence-corrected chi connectivity index (χ0v) is 20.1. The van der Waals surface area contributed by atoms with Gasteiger partial charge in [0.05, 0.1) is 5.69 Å². The van der Waals surface area contributed by atoms with E-state index in [1.165, 1.54) is 10.6 Å². The van der Waals surface area contributed by atoms with Gasteiger partial charge in [-0.05, 0) is 25.2 Å². The number of amides is 2. The van der Waals surface area contributed by atoms with Crippen LogP contribution in [0.5, 0.6) is 0 Å². The predicted molar refractivity (Wildman–Crippen MR) is 125 cm³/mol. The second-order valence-corrected chi connectivity index (χ2v) is 10.6. The molecule has 3 aliphatic rings. The molecule has 1 aromatic rings. The molecule has 1 aromatic heterocycles. The van der Waals surface area contributed by atoms with Crippen LogP contribution in [0.2, 0.25) is 0 Å². The van der Waals surface area contributed by atoms with Crippen molar-refractivity contribution in [3.63, 3.8) is 0 Å². The molecule has 0 spiro atoms. The van der Waals surface area contributed by atoms with Gasteiger partial charge in [-0.15, -0.1) is 11.3 Å². The van der Waals surface area contributed by atoms with E-state index in [4.69, 9.17) is 4.98 Å². The van der Waals surface area contributed by atoms with Crippen LogP contribution in [-0.4, -0.2) is 90.4 Å². The Morgan fingerprint density at radius 1 is 1.03 bits per heavy atom. The fraction of sp³-hybridized carbons (Fsp3) is 0.783. The first-order chi connectivity index (χ1) is 14.9. The van der Waals surface area contributed by atoms with Gasteiger partial charge in [0.1, 0.15) is 0 Å². The lowest BCUT2D eigenvalue weighted by atomic mass is 9.90. The highest BCUT2D eigenvalue weighted by Crippen LogP contribution is 2.35. The molecular formula is C23H37N5O2S. The molecule has 0 radical (unpaired) electrons. The van der Waals surface area contributed by atoms with E-state index in [9.17, 15) is 9.59 Å². The highest BCUT2D eigenvalue weighted by atomic mass is 32.1. The van der Waals surface area contributed by atoms with Crippen LogP contribution < -0.4 is 4.90 Å². The fourth-order valence-corrected chi connectivity index (χ4v) is 6.24. The van der Waals surface area contributed by atoms with Crippen LogP contribution in [0.15, 0.2) is 0 Å². The molecule has 172 valence electrons. The number of carbonyl (C=O) groups is 2. The summed E-state index contributed by atoms with van der Waals surface area (Å²) in [6.45, 7) is 14.5. The summed E-state index contributed by atoms with van der Waals surface area (Å²) in [5.41, 5.74) is 1.19. The zero-order chi connectivity index (χ0) is 22.0. The smallest absolute Gasteiger partial charge is 0.226 e. The Morgan fingerprint density at radius 3 is 2.35 bits per heavy atom. The number of nitrogens with zero attached hydrogens (tertiary/aromatic N) is 5. The average Bonchev–Trinajstić information content (AvgIpc) is 3.21. The van der Waals surface area contributed by atoms with Gasteiger partial charge >= 0.3 is 0 Å². The average molecular weight is 448 g/mol. The normalized spacial score (nSPS) is 22.7. The van der Waals surface area contributed by atoms with Gasteiger partial charge in [-0.25, -0.2) is 4.98 Å². The third-order valence-corrected chi connectivity index (χ3v) is 7.97. The van der Waals surface area contributed by atoms with E-state index in [0.717, 1.165) is 83.3 Å². The van der Waals surface area contributed by atoms with E-state index in [1.807, 2.05) is 11.8 Å². The highest BCUT2D eigenvalue weighted by Gasteiger charge is 2.33. The number of hydrogen-bond donors (Lipinski definition) is 0. The maximum Gasteiger partial charge on any atom is 0.226 e. The zero-order valence-electron chi connectivity index (χ0n) is 19.3. The number of hydrogen-bond acceptors (Lipinski definition) is 6. The number of aryl methyl sites for hydroxylation is 1. The van der Waals surface area contributed by atoms with Gasteiger partial charge in [0.15, 0.2) is 5.13 Å². The fourth-order valence-electron chi connectivity index (χ4n) is 5.00. The first-order valence-corrected chi connectivity index (χ1v) is 12.8. The summed E-state index contributed by atoms with van der Waals surface area (Å²) in [6, 6.07) is 0. The van der Waals surface area contributed by atoms with Crippen LogP contribution in [-0.2, 0) is 22.4 Å². The lowest BCUT2D eigenvalue weighted by molar-refractivity contribution is -0.137. The lowest BCUT2D eigenvalue weighted by Crippen LogP contribution is -2.51. The predicted octanol–water partition coefficient (Wildman–Crippen LogP) is 2.11. The molecule has 2 saturated heterocycles. The third-order valence-electron chi connectivity index (χ3n) is 6.79. The van der Waals surface area contributed by atoms with Gasteiger partial charge in [0.25, 0.3) is 0 Å². The maximum atomic E-state index is 13.2. The molecule has 2 aliphatic heterocycles. The van der Waals surface area contributed by atoms with Crippen molar-refractivity contribution in [2.24, 2.45) is 11.8 Å². The van der Waals surface area contributed by atoms with Crippen molar-refractivity contribution >= 4 is 28.3 Å². The summed E-state index contributed by atoms with van der Waals surface area (Å²) in [7, 11) is 0. The van der Waals surface area contributed by atoms with Crippen LogP contribution in [0.4, 0.5) is 5.13 Å². The molecule has 0 saturated carbocycles. The number of anilines is 1. The third kappa shape index (κ3) is 5.22. The molecule has 0 aromatic carbocycles. The molecule has 31 heavy (non-hydrogen) atoms. The summed E-state index contributed by atoms with van der Waals surface area (Å²) in [5, 5.41) is 1.07. The van der Waals surface area contributed by atoms with Crippen LogP contribution in [0.1, 0.15) is 44.2 Å². The summed E-state index contributed by atoms with van der Waals surface area (Å²) < 4.78 is 0. The highest BCUT2D eigenvalue weighted by molar-refractivity contribution is 7.15. The van der Waals surface area contributed by atoms with Crippen molar-refractivity contribution in [2.75, 3.05) is 63.8 Å². The number of aromatic nitrogens is 1. The number of thiazole rings is 1. The van der Waals surface area contributed by atoms with Crippen molar-refractivity contribution in [2.45, 2.75) is 46.5 Å². The summed E-state index contributed by atoms with van der Waals surface area (Å²) >= 11 is 1.76. The van der Waals surface area contributed by atoms with Crippen molar-refractivity contribution < 1.29 is 9.59 Å². The van der Waals surface area contributed by atoms with E-state index in [-0.39, 0.29) is 11.8 Å². The van der Waals surface area contributed by atoms with Gasteiger partial charge < -0.3 is 14.7 Å². The maximum absolute atomic E-state index is 13.2. The number of carbonyl (C=O) groups excluding carboxylic acids is 2. The molecule has 0 unspecified atom stereocenters. The van der Waals surface area contributed by atoms with E-state index in [1.54, 1.807) is 11.3 Å². The summed E-state index contributed by atoms with van der Waals surface area (Å²) in [5.74, 6) is 1.37. The number of fused-ring (bicyclic) bond motifs is 1. The Labute approximate surface area is 190 Å². The van der Waals surface area contributed by atoms with Gasteiger partial charge in [-0.2, -0.15) is 0 Å².